The molecule has 0 radical (unpaired) electrons. The first-order chi connectivity index (χ1) is 7.16. The number of aromatic hydroxyl groups is 1. The highest BCUT2D eigenvalue weighted by Gasteiger charge is 2.07. The zero-order valence-corrected chi connectivity index (χ0v) is 8.77. The third kappa shape index (κ3) is 2.01. The standard InChI is InChI=1S/C12H13NO2/c1-8(2)9-4-3-5-10(6-9)11-7-12(14)13-15-11/h3-8H,1-2H3,(H,13,14). The Morgan fingerprint density at radius 3 is 2.67 bits per heavy atom. The second-order valence-corrected chi connectivity index (χ2v) is 3.83. The van der Waals surface area contributed by atoms with Crippen LogP contribution in [0, 0.1) is 0 Å². The Morgan fingerprint density at radius 1 is 1.27 bits per heavy atom. The van der Waals surface area contributed by atoms with Gasteiger partial charge >= 0.3 is 0 Å². The quantitative estimate of drug-likeness (QED) is 0.815. The van der Waals surface area contributed by atoms with Gasteiger partial charge in [-0.15, -0.1) is 0 Å². The van der Waals surface area contributed by atoms with Gasteiger partial charge in [0.05, 0.1) is 0 Å². The van der Waals surface area contributed by atoms with Crippen LogP contribution in [0.1, 0.15) is 25.3 Å². The number of benzene rings is 1. The SMILES string of the molecule is CC(C)c1cccc(-c2cc(O)no2)c1. The van der Waals surface area contributed by atoms with Crippen molar-refractivity contribution in [1.29, 1.82) is 0 Å². The molecule has 0 aliphatic carbocycles. The van der Waals surface area contributed by atoms with Crippen molar-refractivity contribution in [3.63, 3.8) is 0 Å². The molecule has 1 aromatic carbocycles. The molecule has 3 nitrogen and oxygen atoms in total. The van der Waals surface area contributed by atoms with E-state index in [0.717, 1.165) is 5.56 Å². The van der Waals surface area contributed by atoms with Gasteiger partial charge in [-0.2, -0.15) is 0 Å². The third-order valence-corrected chi connectivity index (χ3v) is 2.34. The van der Waals surface area contributed by atoms with Crippen molar-refractivity contribution >= 4 is 0 Å². The van der Waals surface area contributed by atoms with Crippen molar-refractivity contribution in [2.75, 3.05) is 0 Å². The van der Waals surface area contributed by atoms with Crippen LogP contribution in [0.25, 0.3) is 11.3 Å². The zero-order chi connectivity index (χ0) is 10.8. The van der Waals surface area contributed by atoms with Crippen molar-refractivity contribution in [3.8, 4) is 17.2 Å². The van der Waals surface area contributed by atoms with Crippen LogP contribution in [-0.4, -0.2) is 10.3 Å². The van der Waals surface area contributed by atoms with Gasteiger partial charge in [0.1, 0.15) is 0 Å². The molecular weight excluding hydrogens is 190 g/mol. The molecule has 0 unspecified atom stereocenters. The summed E-state index contributed by atoms with van der Waals surface area (Å²) in [4.78, 5) is 0. The minimum Gasteiger partial charge on any atom is -0.491 e. The summed E-state index contributed by atoms with van der Waals surface area (Å²) in [5.74, 6) is 0.983. The molecule has 0 aliphatic heterocycles. The average molecular weight is 203 g/mol. The minimum absolute atomic E-state index is 0.0834. The molecule has 0 atom stereocenters. The molecule has 0 fully saturated rings. The molecule has 15 heavy (non-hydrogen) atoms. The van der Waals surface area contributed by atoms with E-state index in [4.69, 9.17) is 9.63 Å². The molecule has 0 spiro atoms. The van der Waals surface area contributed by atoms with Crippen LogP contribution in [0.3, 0.4) is 0 Å². The Kier molecular flexibility index (Phi) is 2.46. The van der Waals surface area contributed by atoms with E-state index in [1.54, 1.807) is 0 Å². The first-order valence-electron chi connectivity index (χ1n) is 4.93. The van der Waals surface area contributed by atoms with E-state index >= 15 is 0 Å². The molecule has 1 heterocycles. The maximum Gasteiger partial charge on any atom is 0.252 e. The monoisotopic (exact) mass is 203 g/mol. The summed E-state index contributed by atoms with van der Waals surface area (Å²) < 4.78 is 4.99. The second kappa shape index (κ2) is 3.77. The van der Waals surface area contributed by atoms with E-state index in [-0.39, 0.29) is 5.88 Å². The van der Waals surface area contributed by atoms with Gasteiger partial charge in [-0.3, -0.25) is 0 Å². The normalized spacial score (nSPS) is 10.9. The van der Waals surface area contributed by atoms with E-state index < -0.39 is 0 Å². The van der Waals surface area contributed by atoms with E-state index in [1.165, 1.54) is 11.6 Å². The topological polar surface area (TPSA) is 46.3 Å². The molecule has 2 rings (SSSR count). The predicted octanol–water partition coefficient (Wildman–Crippen LogP) is 3.17. The number of aromatic nitrogens is 1. The lowest BCUT2D eigenvalue weighted by atomic mass is 10.0. The highest BCUT2D eigenvalue weighted by Crippen LogP contribution is 2.25. The van der Waals surface area contributed by atoms with E-state index in [9.17, 15) is 0 Å². The summed E-state index contributed by atoms with van der Waals surface area (Å²) in [6.07, 6.45) is 0. The predicted molar refractivity (Wildman–Crippen MR) is 57.7 cm³/mol. The highest BCUT2D eigenvalue weighted by atomic mass is 16.5. The number of hydrogen-bond acceptors (Lipinski definition) is 3. The zero-order valence-electron chi connectivity index (χ0n) is 8.77. The Bertz CT molecular complexity index is 460. The van der Waals surface area contributed by atoms with E-state index in [1.807, 2.05) is 18.2 Å². The molecule has 1 N–H and O–H groups in total. The summed E-state index contributed by atoms with van der Waals surface area (Å²) in [5, 5.41) is 12.5. The Balaban J connectivity index is 2.41. The van der Waals surface area contributed by atoms with Gasteiger partial charge < -0.3 is 9.63 Å². The molecule has 0 saturated carbocycles. The second-order valence-electron chi connectivity index (χ2n) is 3.83. The van der Waals surface area contributed by atoms with Gasteiger partial charge in [-0.05, 0) is 22.7 Å². The van der Waals surface area contributed by atoms with Crippen LogP contribution in [0.2, 0.25) is 0 Å². The Morgan fingerprint density at radius 2 is 2.07 bits per heavy atom. The van der Waals surface area contributed by atoms with Crippen LogP contribution >= 0.6 is 0 Å². The average Bonchev–Trinajstić information content (AvgIpc) is 2.65. The van der Waals surface area contributed by atoms with Gasteiger partial charge in [-0.1, -0.05) is 32.0 Å². The highest BCUT2D eigenvalue weighted by molar-refractivity contribution is 5.59. The molecule has 3 heteroatoms. The van der Waals surface area contributed by atoms with Crippen molar-refractivity contribution in [2.45, 2.75) is 19.8 Å². The van der Waals surface area contributed by atoms with Gasteiger partial charge in [0.15, 0.2) is 5.76 Å². The lowest BCUT2D eigenvalue weighted by Gasteiger charge is -2.05. The van der Waals surface area contributed by atoms with Crippen molar-refractivity contribution in [3.05, 3.63) is 35.9 Å². The summed E-state index contributed by atoms with van der Waals surface area (Å²) in [5.41, 5.74) is 2.18. The molecular formula is C12H13NO2. The first-order valence-corrected chi connectivity index (χ1v) is 4.93. The van der Waals surface area contributed by atoms with Gasteiger partial charge in [0.2, 0.25) is 0 Å². The minimum atomic E-state index is -0.0834. The van der Waals surface area contributed by atoms with Crippen LogP contribution in [0.5, 0.6) is 5.88 Å². The smallest absolute Gasteiger partial charge is 0.252 e. The van der Waals surface area contributed by atoms with Crippen molar-refractivity contribution in [1.82, 2.24) is 5.16 Å². The fourth-order valence-electron chi connectivity index (χ4n) is 1.45. The molecule has 0 aliphatic rings. The van der Waals surface area contributed by atoms with Gasteiger partial charge in [0.25, 0.3) is 5.88 Å². The fraction of sp³-hybridized carbons (Fsp3) is 0.250. The van der Waals surface area contributed by atoms with Crippen LogP contribution in [0.15, 0.2) is 34.9 Å². The van der Waals surface area contributed by atoms with Crippen molar-refractivity contribution in [2.24, 2.45) is 0 Å². The number of nitrogens with zero attached hydrogens (tertiary/aromatic N) is 1. The molecule has 0 saturated heterocycles. The van der Waals surface area contributed by atoms with Gasteiger partial charge in [0, 0.05) is 11.6 Å². The van der Waals surface area contributed by atoms with E-state index in [2.05, 4.69) is 25.1 Å². The molecule has 0 amide bonds. The van der Waals surface area contributed by atoms with Crippen LogP contribution < -0.4 is 0 Å². The summed E-state index contributed by atoms with van der Waals surface area (Å²) in [7, 11) is 0. The Labute approximate surface area is 88.3 Å². The lowest BCUT2D eigenvalue weighted by molar-refractivity contribution is 0.365. The lowest BCUT2D eigenvalue weighted by Crippen LogP contribution is -1.86. The third-order valence-electron chi connectivity index (χ3n) is 2.34. The summed E-state index contributed by atoms with van der Waals surface area (Å²) >= 11 is 0. The molecule has 78 valence electrons. The molecule has 2 aromatic rings. The summed E-state index contributed by atoms with van der Waals surface area (Å²) in [6, 6.07) is 9.55. The van der Waals surface area contributed by atoms with Crippen LogP contribution in [0.4, 0.5) is 0 Å². The number of hydrogen-bond donors (Lipinski definition) is 1. The van der Waals surface area contributed by atoms with Crippen LogP contribution in [-0.2, 0) is 0 Å². The summed E-state index contributed by atoms with van der Waals surface area (Å²) in [6.45, 7) is 4.27. The number of rotatable bonds is 2. The van der Waals surface area contributed by atoms with E-state index in [0.29, 0.717) is 11.7 Å². The first kappa shape index (κ1) is 9.77. The fourth-order valence-corrected chi connectivity index (χ4v) is 1.45. The maximum absolute atomic E-state index is 9.09. The Hall–Kier alpha value is -1.77. The largest absolute Gasteiger partial charge is 0.491 e. The van der Waals surface area contributed by atoms with Gasteiger partial charge in [-0.25, -0.2) is 0 Å². The molecule has 1 aromatic heterocycles. The maximum atomic E-state index is 9.09. The van der Waals surface area contributed by atoms with Crippen molar-refractivity contribution < 1.29 is 9.63 Å². The molecule has 0 bridgehead atoms.